The third-order valence-corrected chi connectivity index (χ3v) is 4.41. The Kier molecular flexibility index (Phi) is 5.36. The van der Waals surface area contributed by atoms with E-state index in [-0.39, 0.29) is 5.84 Å². The molecule has 2 rings (SSSR count). The van der Waals surface area contributed by atoms with E-state index in [0.29, 0.717) is 0 Å². The highest BCUT2D eigenvalue weighted by molar-refractivity contribution is 7.09. The topological polar surface area (TPSA) is 61.8 Å². The molecule has 0 saturated heterocycles. The van der Waals surface area contributed by atoms with Gasteiger partial charge in [-0.1, -0.05) is 30.3 Å². The van der Waals surface area contributed by atoms with Crippen molar-refractivity contribution in [1.29, 1.82) is 0 Å². The van der Waals surface area contributed by atoms with Gasteiger partial charge in [-0.05, 0) is 42.1 Å². The van der Waals surface area contributed by atoms with Crippen LogP contribution in [0.2, 0.25) is 0 Å². The summed E-state index contributed by atoms with van der Waals surface area (Å²) in [6, 6.07) is 10.2. The van der Waals surface area contributed by atoms with Gasteiger partial charge < -0.3 is 10.9 Å². The van der Waals surface area contributed by atoms with Gasteiger partial charge >= 0.3 is 0 Å². The maximum absolute atomic E-state index is 8.73. The number of hydrogen-bond acceptors (Lipinski definition) is 4. The lowest BCUT2D eigenvalue weighted by atomic mass is 10.0. The molecule has 0 unspecified atom stereocenters. The summed E-state index contributed by atoms with van der Waals surface area (Å²) in [6.07, 6.45) is 0. The fourth-order valence-corrected chi connectivity index (χ4v) is 2.98. The Morgan fingerprint density at radius 3 is 2.71 bits per heavy atom. The van der Waals surface area contributed by atoms with Crippen molar-refractivity contribution in [3.8, 4) is 0 Å². The summed E-state index contributed by atoms with van der Waals surface area (Å²) >= 11 is 1.79. The van der Waals surface area contributed by atoms with Gasteiger partial charge in [0.25, 0.3) is 0 Å². The van der Waals surface area contributed by atoms with Crippen LogP contribution in [0.3, 0.4) is 0 Å². The lowest BCUT2D eigenvalue weighted by Gasteiger charge is -2.21. The van der Waals surface area contributed by atoms with Gasteiger partial charge in [0.05, 0.1) is 0 Å². The fourth-order valence-electron chi connectivity index (χ4n) is 2.23. The quantitative estimate of drug-likeness (QED) is 0.373. The predicted molar refractivity (Wildman–Crippen MR) is 87.8 cm³/mol. The molecule has 0 radical (unpaired) electrons. The Morgan fingerprint density at radius 2 is 2.14 bits per heavy atom. The Hall–Kier alpha value is -1.85. The van der Waals surface area contributed by atoms with E-state index in [0.717, 1.165) is 30.8 Å². The van der Waals surface area contributed by atoms with E-state index in [1.807, 2.05) is 12.1 Å². The molecule has 1 aromatic heterocycles. The monoisotopic (exact) mass is 303 g/mol. The van der Waals surface area contributed by atoms with Gasteiger partial charge in [0.15, 0.2) is 5.84 Å². The molecule has 0 saturated carbocycles. The molecule has 3 N–H and O–H groups in total. The number of aryl methyl sites for hydroxylation is 1. The van der Waals surface area contributed by atoms with Crippen LogP contribution < -0.4 is 5.73 Å². The van der Waals surface area contributed by atoms with E-state index >= 15 is 0 Å². The molecule has 5 heteroatoms. The average molecular weight is 303 g/mol. The van der Waals surface area contributed by atoms with E-state index in [1.165, 1.54) is 10.4 Å². The van der Waals surface area contributed by atoms with Crippen LogP contribution in [0.15, 0.2) is 40.9 Å². The molecule has 0 aliphatic rings. The molecule has 0 aliphatic heterocycles. The normalized spacial score (nSPS) is 12.0. The van der Waals surface area contributed by atoms with Crippen molar-refractivity contribution in [3.63, 3.8) is 0 Å². The van der Waals surface area contributed by atoms with Crippen LogP contribution in [-0.4, -0.2) is 22.5 Å². The molecule has 21 heavy (non-hydrogen) atoms. The van der Waals surface area contributed by atoms with Gasteiger partial charge in [0.2, 0.25) is 0 Å². The molecule has 4 nitrogen and oxygen atoms in total. The zero-order chi connectivity index (χ0) is 15.2. The molecule has 1 heterocycles. The van der Waals surface area contributed by atoms with Crippen molar-refractivity contribution in [2.45, 2.75) is 26.9 Å². The summed E-state index contributed by atoms with van der Waals surface area (Å²) in [4.78, 5) is 3.78. The lowest BCUT2D eigenvalue weighted by Crippen LogP contribution is -2.22. The second-order valence-corrected chi connectivity index (χ2v) is 6.04. The number of oxime groups is 1. The highest BCUT2D eigenvalue weighted by Crippen LogP contribution is 2.17. The summed E-state index contributed by atoms with van der Waals surface area (Å²) in [5.74, 6) is 0.149. The van der Waals surface area contributed by atoms with E-state index < -0.39 is 0 Å². The first kappa shape index (κ1) is 15.5. The number of rotatable bonds is 6. The van der Waals surface area contributed by atoms with E-state index in [2.05, 4.69) is 47.5 Å². The van der Waals surface area contributed by atoms with Gasteiger partial charge in [0.1, 0.15) is 0 Å². The van der Waals surface area contributed by atoms with Crippen LogP contribution >= 0.6 is 11.3 Å². The van der Waals surface area contributed by atoms with Gasteiger partial charge in [-0.25, -0.2) is 0 Å². The molecule has 112 valence electrons. The van der Waals surface area contributed by atoms with Gasteiger partial charge in [-0.15, -0.1) is 11.3 Å². The van der Waals surface area contributed by atoms with Crippen molar-refractivity contribution in [3.05, 3.63) is 57.3 Å². The second kappa shape index (κ2) is 7.24. The highest BCUT2D eigenvalue weighted by atomic mass is 32.1. The van der Waals surface area contributed by atoms with Crippen LogP contribution in [0.4, 0.5) is 0 Å². The molecule has 0 amide bonds. The number of nitrogens with zero attached hydrogens (tertiary/aromatic N) is 2. The average Bonchev–Trinajstić information content (AvgIpc) is 3.00. The minimum atomic E-state index is 0.149. The highest BCUT2D eigenvalue weighted by Gasteiger charge is 2.09. The third-order valence-electron chi connectivity index (χ3n) is 3.55. The minimum absolute atomic E-state index is 0.149. The minimum Gasteiger partial charge on any atom is -0.409 e. The van der Waals surface area contributed by atoms with E-state index in [9.17, 15) is 0 Å². The Labute approximate surface area is 129 Å². The molecular weight excluding hydrogens is 282 g/mol. The van der Waals surface area contributed by atoms with Crippen LogP contribution in [0, 0.1) is 6.92 Å². The zero-order valence-electron chi connectivity index (χ0n) is 12.4. The van der Waals surface area contributed by atoms with Gasteiger partial charge in [0, 0.05) is 23.5 Å². The van der Waals surface area contributed by atoms with Crippen LogP contribution in [0.5, 0.6) is 0 Å². The molecular formula is C16H21N3OS. The SMILES string of the molecule is CCN(Cc1cccs1)Cc1ccc(/C(N)=N/O)cc1C. The van der Waals surface area contributed by atoms with Crippen molar-refractivity contribution in [1.82, 2.24) is 4.90 Å². The Bertz CT molecular complexity index is 608. The largest absolute Gasteiger partial charge is 0.409 e. The fraction of sp³-hybridized carbons (Fsp3) is 0.312. The molecule has 0 bridgehead atoms. The van der Waals surface area contributed by atoms with Crippen LogP contribution in [-0.2, 0) is 13.1 Å². The smallest absolute Gasteiger partial charge is 0.170 e. The van der Waals surface area contributed by atoms with Crippen molar-refractivity contribution < 1.29 is 5.21 Å². The zero-order valence-corrected chi connectivity index (χ0v) is 13.2. The number of thiophene rings is 1. The van der Waals surface area contributed by atoms with Gasteiger partial charge in [-0.3, -0.25) is 4.90 Å². The summed E-state index contributed by atoms with van der Waals surface area (Å²) in [5, 5.41) is 13.9. The Morgan fingerprint density at radius 1 is 1.33 bits per heavy atom. The molecule has 0 fully saturated rings. The number of amidine groups is 1. The summed E-state index contributed by atoms with van der Waals surface area (Å²) in [7, 11) is 0. The molecule has 0 atom stereocenters. The number of hydrogen-bond donors (Lipinski definition) is 2. The number of nitrogens with two attached hydrogens (primary N) is 1. The van der Waals surface area contributed by atoms with Crippen molar-refractivity contribution >= 4 is 17.2 Å². The Balaban J connectivity index is 2.10. The third kappa shape index (κ3) is 4.06. The molecule has 0 spiro atoms. The van der Waals surface area contributed by atoms with Crippen LogP contribution in [0.1, 0.15) is 28.5 Å². The predicted octanol–water partition coefficient (Wildman–Crippen LogP) is 3.17. The summed E-state index contributed by atoms with van der Waals surface area (Å²) < 4.78 is 0. The van der Waals surface area contributed by atoms with Crippen molar-refractivity contribution in [2.24, 2.45) is 10.9 Å². The first-order valence-electron chi connectivity index (χ1n) is 6.96. The van der Waals surface area contributed by atoms with Crippen molar-refractivity contribution in [2.75, 3.05) is 6.54 Å². The van der Waals surface area contributed by atoms with E-state index in [1.54, 1.807) is 11.3 Å². The standard InChI is InChI=1S/C16H21N3OS/c1-3-19(11-15-5-4-8-21-15)10-14-7-6-13(9-12(14)2)16(17)18-20/h4-9,20H,3,10-11H2,1-2H3,(H2,17,18). The first-order valence-corrected chi connectivity index (χ1v) is 7.84. The lowest BCUT2D eigenvalue weighted by molar-refractivity contribution is 0.273. The first-order chi connectivity index (χ1) is 10.1. The molecule has 0 aliphatic carbocycles. The number of benzene rings is 1. The second-order valence-electron chi connectivity index (χ2n) is 5.01. The summed E-state index contributed by atoms with van der Waals surface area (Å²) in [6.45, 7) is 7.10. The molecule has 1 aromatic carbocycles. The molecule has 2 aromatic rings. The maximum Gasteiger partial charge on any atom is 0.170 e. The summed E-state index contributed by atoms with van der Waals surface area (Å²) in [5.41, 5.74) is 8.79. The maximum atomic E-state index is 8.73. The van der Waals surface area contributed by atoms with Crippen LogP contribution in [0.25, 0.3) is 0 Å². The van der Waals surface area contributed by atoms with Gasteiger partial charge in [-0.2, -0.15) is 0 Å². The van der Waals surface area contributed by atoms with E-state index in [4.69, 9.17) is 10.9 Å².